The lowest BCUT2D eigenvalue weighted by Gasteiger charge is -2.62. The van der Waals surface area contributed by atoms with Crippen LogP contribution < -0.4 is 0 Å². The summed E-state index contributed by atoms with van der Waals surface area (Å²) < 4.78 is 11.6. The molecule has 0 aromatic heterocycles. The van der Waals surface area contributed by atoms with Gasteiger partial charge in [0.2, 0.25) is 0 Å². The molecular weight excluding hydrogens is 348 g/mol. The Kier molecular flexibility index (Phi) is 3.45. The van der Waals surface area contributed by atoms with Gasteiger partial charge in [0, 0.05) is 23.3 Å². The number of carbonyl (C=O) groups is 1. The van der Waals surface area contributed by atoms with Crippen molar-refractivity contribution >= 4 is 5.97 Å². The molecule has 0 aromatic rings. The molecule has 3 N–H and O–H groups in total. The standard InChI is InChI=1S/C21H30O6/c1-9(2)15-13(22)8-20(25)19(4)6-5-11-16(10(3)26-18(11)24)12(19)7-14-21(20,27-14)17(15)23/h9-10,12-15,17,22-23,25H,5-8H2,1-4H3/t10?,12-,13-,14-,15?,17+,19-,20+,21+/m0/s1. The second-order valence-electron chi connectivity index (χ2n) is 9.98. The molecule has 0 radical (unpaired) electrons. The third-order valence-corrected chi connectivity index (χ3v) is 8.68. The van der Waals surface area contributed by atoms with Crippen LogP contribution in [-0.4, -0.2) is 56.9 Å². The molecule has 0 aromatic carbocycles. The first-order chi connectivity index (χ1) is 12.6. The maximum absolute atomic E-state index is 12.2. The molecule has 0 amide bonds. The average molecular weight is 378 g/mol. The van der Waals surface area contributed by atoms with Crippen molar-refractivity contribution in [1.29, 1.82) is 0 Å². The van der Waals surface area contributed by atoms with Crippen molar-refractivity contribution in [3.8, 4) is 0 Å². The first kappa shape index (κ1) is 18.1. The lowest BCUT2D eigenvalue weighted by molar-refractivity contribution is -0.249. The van der Waals surface area contributed by atoms with Gasteiger partial charge in [-0.15, -0.1) is 0 Å². The maximum Gasteiger partial charge on any atom is 0.334 e. The van der Waals surface area contributed by atoms with Gasteiger partial charge in [0.1, 0.15) is 17.3 Å². The monoisotopic (exact) mass is 378 g/mol. The summed E-state index contributed by atoms with van der Waals surface area (Å²) in [6.07, 6.45) is -0.160. The third kappa shape index (κ3) is 1.84. The van der Waals surface area contributed by atoms with Gasteiger partial charge in [-0.05, 0) is 43.6 Å². The van der Waals surface area contributed by atoms with Crippen LogP contribution in [0.1, 0.15) is 53.4 Å². The molecule has 6 heteroatoms. The van der Waals surface area contributed by atoms with Gasteiger partial charge in [0.05, 0.1) is 18.3 Å². The second-order valence-corrected chi connectivity index (χ2v) is 9.98. The fourth-order valence-corrected chi connectivity index (χ4v) is 7.27. The molecule has 27 heavy (non-hydrogen) atoms. The Balaban J connectivity index is 1.62. The van der Waals surface area contributed by atoms with Gasteiger partial charge >= 0.3 is 5.97 Å². The van der Waals surface area contributed by atoms with E-state index in [0.29, 0.717) is 19.3 Å². The number of aliphatic hydroxyl groups is 3. The average Bonchev–Trinajstić information content (AvgIpc) is 3.22. The number of hydrogen-bond donors (Lipinski definition) is 3. The molecule has 6 nitrogen and oxygen atoms in total. The number of esters is 1. The Morgan fingerprint density at radius 1 is 1.26 bits per heavy atom. The van der Waals surface area contributed by atoms with E-state index < -0.39 is 28.8 Å². The van der Waals surface area contributed by atoms with Crippen molar-refractivity contribution in [2.45, 2.75) is 89.0 Å². The Morgan fingerprint density at radius 3 is 2.63 bits per heavy atom. The van der Waals surface area contributed by atoms with Gasteiger partial charge < -0.3 is 24.8 Å². The van der Waals surface area contributed by atoms with Gasteiger partial charge in [0.15, 0.2) is 0 Å². The molecule has 2 heterocycles. The van der Waals surface area contributed by atoms with Crippen molar-refractivity contribution in [2.24, 2.45) is 23.2 Å². The van der Waals surface area contributed by atoms with E-state index in [4.69, 9.17) is 9.47 Å². The molecule has 1 spiro atoms. The predicted octanol–water partition coefficient (Wildman–Crippen LogP) is 1.31. The SMILES string of the molecule is CC1OC(=O)C2=C1[C@@H]1C[C@@H]3O[C@@]34[C@H](O)C(C(C)C)[C@@H](O)C[C@@]4(O)[C@@]1(C)CC2. The number of hydrogen-bond acceptors (Lipinski definition) is 6. The second kappa shape index (κ2) is 5.15. The first-order valence-corrected chi connectivity index (χ1v) is 10.3. The fourth-order valence-electron chi connectivity index (χ4n) is 7.27. The molecule has 5 aliphatic rings. The normalized spacial score (nSPS) is 56.2. The molecular formula is C21H30O6. The molecule has 2 unspecified atom stereocenters. The van der Waals surface area contributed by atoms with Crippen LogP contribution in [-0.2, 0) is 14.3 Å². The number of ether oxygens (including phenoxy) is 2. The fraction of sp³-hybridized carbons (Fsp3) is 0.857. The smallest absolute Gasteiger partial charge is 0.334 e. The molecule has 2 saturated carbocycles. The van der Waals surface area contributed by atoms with Crippen LogP contribution in [0.5, 0.6) is 0 Å². The number of aliphatic hydroxyl groups excluding tert-OH is 2. The number of epoxide rings is 1. The minimum Gasteiger partial charge on any atom is -0.455 e. The highest BCUT2D eigenvalue weighted by Crippen LogP contribution is 2.72. The van der Waals surface area contributed by atoms with Gasteiger partial charge in [-0.1, -0.05) is 20.8 Å². The zero-order chi connectivity index (χ0) is 19.5. The first-order valence-electron chi connectivity index (χ1n) is 10.3. The van der Waals surface area contributed by atoms with Gasteiger partial charge in [0.25, 0.3) is 0 Å². The predicted molar refractivity (Wildman–Crippen MR) is 95.5 cm³/mol. The lowest BCUT2D eigenvalue weighted by atomic mass is 9.44. The van der Waals surface area contributed by atoms with E-state index in [1.165, 1.54) is 0 Å². The van der Waals surface area contributed by atoms with E-state index >= 15 is 0 Å². The van der Waals surface area contributed by atoms with Crippen LogP contribution in [0.4, 0.5) is 0 Å². The van der Waals surface area contributed by atoms with Gasteiger partial charge in [-0.2, -0.15) is 0 Å². The quantitative estimate of drug-likeness (QED) is 0.470. The Labute approximate surface area is 159 Å². The van der Waals surface area contributed by atoms with Crippen LogP contribution in [0, 0.1) is 23.2 Å². The summed E-state index contributed by atoms with van der Waals surface area (Å²) >= 11 is 0. The van der Waals surface area contributed by atoms with Crippen LogP contribution >= 0.6 is 0 Å². The van der Waals surface area contributed by atoms with Crippen molar-refractivity contribution in [1.82, 2.24) is 0 Å². The molecule has 9 atom stereocenters. The minimum absolute atomic E-state index is 0.0386. The molecule has 2 aliphatic heterocycles. The molecule has 0 bridgehead atoms. The number of carbonyl (C=O) groups excluding carboxylic acids is 1. The van der Waals surface area contributed by atoms with Crippen LogP contribution in [0.25, 0.3) is 0 Å². The van der Waals surface area contributed by atoms with Gasteiger partial charge in [-0.25, -0.2) is 4.79 Å². The zero-order valence-corrected chi connectivity index (χ0v) is 16.4. The van der Waals surface area contributed by atoms with E-state index in [1.54, 1.807) is 0 Å². The highest BCUT2D eigenvalue weighted by atomic mass is 16.6. The summed E-state index contributed by atoms with van der Waals surface area (Å²) in [4.78, 5) is 12.2. The van der Waals surface area contributed by atoms with E-state index in [-0.39, 0.29) is 42.4 Å². The maximum atomic E-state index is 12.2. The van der Waals surface area contributed by atoms with E-state index in [0.717, 1.165) is 11.1 Å². The number of cyclic esters (lactones) is 1. The summed E-state index contributed by atoms with van der Waals surface area (Å²) in [5.41, 5.74) is -1.15. The summed E-state index contributed by atoms with van der Waals surface area (Å²) in [7, 11) is 0. The van der Waals surface area contributed by atoms with E-state index in [2.05, 4.69) is 0 Å². The molecule has 5 rings (SSSR count). The van der Waals surface area contributed by atoms with E-state index in [9.17, 15) is 20.1 Å². The van der Waals surface area contributed by atoms with Crippen molar-refractivity contribution in [2.75, 3.05) is 0 Å². The van der Waals surface area contributed by atoms with Crippen LogP contribution in [0.3, 0.4) is 0 Å². The summed E-state index contributed by atoms with van der Waals surface area (Å²) in [5, 5.41) is 34.2. The summed E-state index contributed by atoms with van der Waals surface area (Å²) in [6.45, 7) is 7.92. The molecule has 3 aliphatic carbocycles. The van der Waals surface area contributed by atoms with Crippen molar-refractivity contribution in [3.63, 3.8) is 0 Å². The highest BCUT2D eigenvalue weighted by molar-refractivity contribution is 5.92. The highest BCUT2D eigenvalue weighted by Gasteiger charge is 2.84. The molecule has 150 valence electrons. The topological polar surface area (TPSA) is 99.5 Å². The lowest BCUT2D eigenvalue weighted by Crippen LogP contribution is -2.74. The number of rotatable bonds is 1. The van der Waals surface area contributed by atoms with Crippen molar-refractivity contribution in [3.05, 3.63) is 11.1 Å². The largest absolute Gasteiger partial charge is 0.455 e. The molecule has 3 fully saturated rings. The zero-order valence-electron chi connectivity index (χ0n) is 16.4. The van der Waals surface area contributed by atoms with Gasteiger partial charge in [-0.3, -0.25) is 0 Å². The molecule has 1 saturated heterocycles. The number of fused-ring (bicyclic) bond motifs is 3. The van der Waals surface area contributed by atoms with E-state index in [1.807, 2.05) is 27.7 Å². The van der Waals surface area contributed by atoms with Crippen molar-refractivity contribution < 1.29 is 29.6 Å². The minimum atomic E-state index is -1.33. The third-order valence-electron chi connectivity index (χ3n) is 8.68. The Morgan fingerprint density at radius 2 is 1.96 bits per heavy atom. The Hall–Kier alpha value is -0.950. The summed E-state index contributed by atoms with van der Waals surface area (Å²) in [6, 6.07) is 0. The van der Waals surface area contributed by atoms with Crippen LogP contribution in [0.2, 0.25) is 0 Å². The summed E-state index contributed by atoms with van der Waals surface area (Å²) in [5.74, 6) is -0.498. The van der Waals surface area contributed by atoms with Crippen LogP contribution in [0.15, 0.2) is 11.1 Å². The Bertz CT molecular complexity index is 745.